The summed E-state index contributed by atoms with van der Waals surface area (Å²) in [6, 6.07) is 14.6. The summed E-state index contributed by atoms with van der Waals surface area (Å²) in [6.45, 7) is 9.15. The molecule has 0 spiro atoms. The van der Waals surface area contributed by atoms with Crippen molar-refractivity contribution in [2.45, 2.75) is 13.0 Å². The summed E-state index contributed by atoms with van der Waals surface area (Å²) in [5, 5.41) is 8.05. The molecular weight excluding hydrogens is 428 g/mol. The van der Waals surface area contributed by atoms with Gasteiger partial charge in [0.2, 0.25) is 0 Å². The maximum absolute atomic E-state index is 5.96. The lowest BCUT2D eigenvalue weighted by molar-refractivity contribution is 0.0205. The van der Waals surface area contributed by atoms with Crippen LogP contribution in [0.5, 0.6) is 11.5 Å². The third kappa shape index (κ3) is 4.63. The smallest absolute Gasteiger partial charge is 0.162 e. The Balaban J connectivity index is 1.15. The summed E-state index contributed by atoms with van der Waals surface area (Å²) < 4.78 is 10.9. The van der Waals surface area contributed by atoms with E-state index < -0.39 is 0 Å². The fourth-order valence-corrected chi connectivity index (χ4v) is 5.03. The average Bonchev–Trinajstić information content (AvgIpc) is 3.30. The molecule has 1 fully saturated rings. The zero-order chi connectivity index (χ0) is 23.5. The topological polar surface area (TPSA) is 58.6 Å². The Hall–Kier alpha value is -3.03. The lowest BCUT2D eigenvalue weighted by atomic mass is 9.87. The lowest BCUT2D eigenvalue weighted by Crippen LogP contribution is -2.50. The van der Waals surface area contributed by atoms with Gasteiger partial charge in [-0.25, -0.2) is 0 Å². The first-order chi connectivity index (χ1) is 16.7. The number of nitrogens with one attached hydrogen (secondary N) is 1. The predicted molar refractivity (Wildman–Crippen MR) is 136 cm³/mol. The SMILES string of the molecule is COc1cc2c(cc1OC)C1=NO[C@@H](CN3CCN(C/C=C(\C)c4ccccc4)CC3)[C@@H]1CN2. The minimum atomic E-state index is 0.0653. The van der Waals surface area contributed by atoms with Crippen LogP contribution in [0.25, 0.3) is 5.57 Å². The number of anilines is 1. The second-order valence-corrected chi connectivity index (χ2v) is 9.21. The molecule has 2 atom stereocenters. The van der Waals surface area contributed by atoms with Gasteiger partial charge in [0.1, 0.15) is 6.10 Å². The van der Waals surface area contributed by atoms with Crippen LogP contribution in [0, 0.1) is 5.92 Å². The molecule has 5 rings (SSSR count). The third-order valence-electron chi connectivity index (χ3n) is 7.19. The molecule has 0 saturated carbocycles. The second kappa shape index (κ2) is 10.1. The molecule has 34 heavy (non-hydrogen) atoms. The van der Waals surface area contributed by atoms with E-state index in [9.17, 15) is 0 Å². The Morgan fingerprint density at radius 2 is 1.76 bits per heavy atom. The largest absolute Gasteiger partial charge is 0.493 e. The molecule has 0 aromatic heterocycles. The molecule has 2 aromatic carbocycles. The summed E-state index contributed by atoms with van der Waals surface area (Å²) in [7, 11) is 3.31. The molecule has 0 aliphatic carbocycles. The van der Waals surface area contributed by atoms with Gasteiger partial charge in [-0.1, -0.05) is 41.6 Å². The first kappa shape index (κ1) is 22.7. The number of benzene rings is 2. The Bertz CT molecular complexity index is 1060. The van der Waals surface area contributed by atoms with Gasteiger partial charge < -0.3 is 19.6 Å². The predicted octanol–water partition coefficient (Wildman–Crippen LogP) is 3.57. The number of rotatable bonds is 7. The zero-order valence-corrected chi connectivity index (χ0v) is 20.3. The number of hydrogen-bond acceptors (Lipinski definition) is 7. The molecule has 0 unspecified atom stereocenters. The third-order valence-corrected chi connectivity index (χ3v) is 7.19. The highest BCUT2D eigenvalue weighted by molar-refractivity contribution is 6.09. The fourth-order valence-electron chi connectivity index (χ4n) is 5.03. The number of fused-ring (bicyclic) bond motifs is 3. The molecule has 7 nitrogen and oxygen atoms in total. The molecule has 3 aliphatic heterocycles. The van der Waals surface area contributed by atoms with Crippen molar-refractivity contribution in [2.75, 3.05) is 65.3 Å². The molecule has 7 heteroatoms. The van der Waals surface area contributed by atoms with E-state index in [1.165, 1.54) is 11.1 Å². The zero-order valence-electron chi connectivity index (χ0n) is 20.3. The van der Waals surface area contributed by atoms with E-state index in [2.05, 4.69) is 63.6 Å². The van der Waals surface area contributed by atoms with Gasteiger partial charge in [-0.3, -0.25) is 9.80 Å². The van der Waals surface area contributed by atoms with Gasteiger partial charge in [-0.15, -0.1) is 0 Å². The molecular formula is C27H34N4O3. The Morgan fingerprint density at radius 1 is 1.06 bits per heavy atom. The van der Waals surface area contributed by atoms with Crippen LogP contribution in [-0.2, 0) is 4.84 Å². The Morgan fingerprint density at radius 3 is 2.50 bits per heavy atom. The van der Waals surface area contributed by atoms with E-state index in [1.807, 2.05) is 12.1 Å². The molecule has 0 radical (unpaired) electrons. The van der Waals surface area contributed by atoms with E-state index in [-0.39, 0.29) is 12.0 Å². The minimum Gasteiger partial charge on any atom is -0.493 e. The molecule has 1 N–H and O–H groups in total. The maximum Gasteiger partial charge on any atom is 0.162 e. The van der Waals surface area contributed by atoms with E-state index in [1.54, 1.807) is 14.2 Å². The quantitative estimate of drug-likeness (QED) is 0.679. The summed E-state index contributed by atoms with van der Waals surface area (Å²) in [6.07, 6.45) is 2.41. The van der Waals surface area contributed by atoms with Crippen molar-refractivity contribution in [1.82, 2.24) is 9.80 Å². The molecule has 2 aromatic rings. The van der Waals surface area contributed by atoms with Crippen LogP contribution in [0.2, 0.25) is 0 Å². The molecule has 1 saturated heterocycles. The number of nitrogens with zero attached hydrogens (tertiary/aromatic N) is 3. The van der Waals surface area contributed by atoms with Crippen LogP contribution in [0.4, 0.5) is 5.69 Å². The number of allylic oxidation sites excluding steroid dienone is 1. The highest BCUT2D eigenvalue weighted by Gasteiger charge is 2.40. The van der Waals surface area contributed by atoms with E-state index in [0.29, 0.717) is 5.75 Å². The van der Waals surface area contributed by atoms with Crippen molar-refractivity contribution in [2.24, 2.45) is 11.1 Å². The highest BCUT2D eigenvalue weighted by atomic mass is 16.6. The molecule has 3 aliphatic rings. The van der Waals surface area contributed by atoms with Gasteiger partial charge in [-0.2, -0.15) is 0 Å². The summed E-state index contributed by atoms with van der Waals surface area (Å²) in [5.74, 6) is 1.66. The molecule has 180 valence electrons. The summed E-state index contributed by atoms with van der Waals surface area (Å²) in [5.41, 5.74) is 5.71. The maximum atomic E-state index is 5.96. The van der Waals surface area contributed by atoms with Crippen molar-refractivity contribution in [3.8, 4) is 11.5 Å². The van der Waals surface area contributed by atoms with Gasteiger partial charge >= 0.3 is 0 Å². The van der Waals surface area contributed by atoms with Crippen molar-refractivity contribution in [3.63, 3.8) is 0 Å². The van der Waals surface area contributed by atoms with Gasteiger partial charge in [0.15, 0.2) is 11.5 Å². The van der Waals surface area contributed by atoms with Gasteiger partial charge in [0, 0.05) is 63.1 Å². The van der Waals surface area contributed by atoms with Crippen molar-refractivity contribution in [3.05, 3.63) is 59.7 Å². The fraction of sp³-hybridized carbons (Fsp3) is 0.444. The van der Waals surface area contributed by atoms with Crippen LogP contribution in [0.3, 0.4) is 0 Å². The summed E-state index contributed by atoms with van der Waals surface area (Å²) in [4.78, 5) is 11.0. The van der Waals surface area contributed by atoms with Crippen LogP contribution < -0.4 is 14.8 Å². The van der Waals surface area contributed by atoms with E-state index >= 15 is 0 Å². The monoisotopic (exact) mass is 462 g/mol. The van der Waals surface area contributed by atoms with Crippen LogP contribution >= 0.6 is 0 Å². The van der Waals surface area contributed by atoms with Gasteiger partial charge in [-0.05, 0) is 24.1 Å². The van der Waals surface area contributed by atoms with Gasteiger partial charge in [0.05, 0.1) is 25.8 Å². The number of methoxy groups -OCH3 is 2. The number of ether oxygens (including phenoxy) is 2. The normalized spacial score (nSPS) is 22.8. The van der Waals surface area contributed by atoms with Gasteiger partial charge in [0.25, 0.3) is 0 Å². The van der Waals surface area contributed by atoms with Crippen LogP contribution in [0.15, 0.2) is 53.7 Å². The number of oxime groups is 1. The summed E-state index contributed by atoms with van der Waals surface area (Å²) >= 11 is 0. The first-order valence-electron chi connectivity index (χ1n) is 12.1. The highest BCUT2D eigenvalue weighted by Crippen LogP contribution is 2.39. The first-order valence-corrected chi connectivity index (χ1v) is 12.1. The molecule has 3 heterocycles. The standard InChI is InChI=1S/C27H34N4O3/c1-19(20-7-5-4-6-8-20)9-10-30-11-13-31(14-12-30)18-26-22-17-28-23-16-25(33-3)24(32-2)15-21(23)27(22)29-34-26/h4-9,15-16,22,26,28H,10-14,17-18H2,1-3H3/b19-9+/t22-,26-/m0/s1. The van der Waals surface area contributed by atoms with Crippen molar-refractivity contribution < 1.29 is 14.3 Å². The molecule has 0 bridgehead atoms. The van der Waals surface area contributed by atoms with Crippen LogP contribution in [-0.4, -0.2) is 81.6 Å². The Labute approximate surface area is 202 Å². The second-order valence-electron chi connectivity index (χ2n) is 9.21. The average molecular weight is 463 g/mol. The van der Waals surface area contributed by atoms with E-state index in [0.717, 1.165) is 68.5 Å². The van der Waals surface area contributed by atoms with Crippen molar-refractivity contribution in [1.29, 1.82) is 0 Å². The Kier molecular flexibility index (Phi) is 6.74. The number of piperazine rings is 1. The lowest BCUT2D eigenvalue weighted by Gasteiger charge is -2.36. The van der Waals surface area contributed by atoms with E-state index in [4.69, 9.17) is 14.3 Å². The molecule has 0 amide bonds. The minimum absolute atomic E-state index is 0.0653. The van der Waals surface area contributed by atoms with Crippen LogP contribution in [0.1, 0.15) is 18.1 Å². The van der Waals surface area contributed by atoms with Crippen molar-refractivity contribution >= 4 is 17.0 Å². The number of hydrogen-bond donors (Lipinski definition) is 1.